The number of primary amides is 1. The van der Waals surface area contributed by atoms with Crippen molar-refractivity contribution in [2.24, 2.45) is 34.1 Å². The van der Waals surface area contributed by atoms with Crippen LogP contribution in [0, 0.1) is 28.1 Å². The molecule has 2 saturated carbocycles. The van der Waals surface area contributed by atoms with Gasteiger partial charge in [0.2, 0.25) is 21.8 Å². The van der Waals surface area contributed by atoms with E-state index in [0.717, 1.165) is 12.0 Å². The summed E-state index contributed by atoms with van der Waals surface area (Å²) in [5.74, 6) is -1.26. The van der Waals surface area contributed by atoms with Crippen LogP contribution in [0.2, 0.25) is 0 Å². The van der Waals surface area contributed by atoms with E-state index in [1.807, 2.05) is 44.2 Å². The number of hydrogen-bond donors (Lipinski definition) is 3. The lowest BCUT2D eigenvalue weighted by molar-refractivity contribution is -0.140. The number of nitrogens with two attached hydrogens (primary N) is 2. The van der Waals surface area contributed by atoms with Crippen LogP contribution in [0.1, 0.15) is 64.4 Å². The molecule has 4 fully saturated rings. The molecule has 236 valence electrons. The normalized spacial score (nSPS) is 28.0. The van der Waals surface area contributed by atoms with E-state index in [2.05, 4.69) is 0 Å². The molecule has 2 saturated heterocycles. The summed E-state index contributed by atoms with van der Waals surface area (Å²) in [5, 5.41) is 7.80. The summed E-state index contributed by atoms with van der Waals surface area (Å²) in [4.78, 5) is 43.4. The lowest BCUT2D eigenvalue weighted by Gasteiger charge is -2.41. The number of guanidine groups is 1. The van der Waals surface area contributed by atoms with E-state index in [9.17, 15) is 22.8 Å². The highest BCUT2D eigenvalue weighted by molar-refractivity contribution is 7.89. The zero-order valence-electron chi connectivity index (χ0n) is 25.3. The second-order valence-corrected chi connectivity index (χ2v) is 15.5. The number of likely N-dealkylation sites (tertiary alicyclic amines) is 2. The maximum Gasteiger partial charge on any atom is 0.242 e. The Bertz CT molecular complexity index is 1360. The van der Waals surface area contributed by atoms with E-state index < -0.39 is 44.8 Å². The van der Waals surface area contributed by atoms with Gasteiger partial charge in [0.1, 0.15) is 17.9 Å². The van der Waals surface area contributed by atoms with E-state index in [0.29, 0.717) is 58.2 Å². The predicted octanol–water partition coefficient (Wildman–Crippen LogP) is 1.71. The van der Waals surface area contributed by atoms with Gasteiger partial charge in [-0.25, -0.2) is 8.42 Å². The van der Waals surface area contributed by atoms with E-state index in [1.54, 1.807) is 4.90 Å². The van der Waals surface area contributed by atoms with Gasteiger partial charge in [-0.05, 0) is 67.8 Å². The van der Waals surface area contributed by atoms with Crippen molar-refractivity contribution in [3.8, 4) is 0 Å². The molecule has 0 spiro atoms. The van der Waals surface area contributed by atoms with Crippen LogP contribution < -0.4 is 11.5 Å². The van der Waals surface area contributed by atoms with Gasteiger partial charge in [-0.15, -0.1) is 0 Å². The Labute approximate surface area is 254 Å². The van der Waals surface area contributed by atoms with Crippen LogP contribution in [0.25, 0.3) is 0 Å². The molecule has 2 amide bonds. The Morgan fingerprint density at radius 2 is 1.74 bits per heavy atom. The first-order valence-electron chi connectivity index (χ1n) is 15.5. The Hall–Kier alpha value is -2.99. The van der Waals surface area contributed by atoms with Gasteiger partial charge in [-0.3, -0.25) is 19.8 Å². The van der Waals surface area contributed by atoms with Crippen molar-refractivity contribution in [1.29, 1.82) is 5.41 Å². The second-order valence-electron chi connectivity index (χ2n) is 13.6. The molecule has 1 aromatic carbocycles. The summed E-state index contributed by atoms with van der Waals surface area (Å²) in [6.07, 6.45) is 4.17. The monoisotopic (exact) mass is 614 g/mol. The van der Waals surface area contributed by atoms with Gasteiger partial charge in [-0.2, -0.15) is 4.31 Å². The average Bonchev–Trinajstić information content (AvgIpc) is 3.59. The van der Waals surface area contributed by atoms with E-state index in [4.69, 9.17) is 16.9 Å². The van der Waals surface area contributed by atoms with Gasteiger partial charge in [0.25, 0.3) is 0 Å². The van der Waals surface area contributed by atoms with Crippen molar-refractivity contribution in [2.75, 3.05) is 31.9 Å². The largest absolute Gasteiger partial charge is 0.370 e. The highest BCUT2D eigenvalue weighted by atomic mass is 32.2. The highest BCUT2D eigenvalue weighted by Crippen LogP contribution is 2.64. The molecule has 12 heteroatoms. The van der Waals surface area contributed by atoms with Crippen LogP contribution in [0.15, 0.2) is 30.3 Å². The molecule has 2 unspecified atom stereocenters. The van der Waals surface area contributed by atoms with Crippen molar-refractivity contribution >= 4 is 33.6 Å². The minimum Gasteiger partial charge on any atom is -0.370 e. The molecule has 0 aromatic heterocycles. The third-order valence-corrected chi connectivity index (χ3v) is 13.1. The summed E-state index contributed by atoms with van der Waals surface area (Å²) < 4.78 is 30.9. The molecule has 2 bridgehead atoms. The quantitative estimate of drug-likeness (QED) is 0.266. The second kappa shape index (κ2) is 11.8. The van der Waals surface area contributed by atoms with Crippen LogP contribution in [0.5, 0.6) is 0 Å². The zero-order chi connectivity index (χ0) is 31.2. The molecule has 5 N–H and O–H groups in total. The molecule has 43 heavy (non-hydrogen) atoms. The van der Waals surface area contributed by atoms with Crippen LogP contribution in [-0.4, -0.2) is 90.1 Å². The number of hydrogen-bond acceptors (Lipinski definition) is 6. The Balaban J connectivity index is 1.54. The number of benzene rings is 1. The van der Waals surface area contributed by atoms with Gasteiger partial charge in [0.15, 0.2) is 5.96 Å². The van der Waals surface area contributed by atoms with E-state index in [1.165, 1.54) is 9.21 Å². The Morgan fingerprint density at radius 1 is 1.07 bits per heavy atom. The van der Waals surface area contributed by atoms with Crippen LogP contribution >= 0.6 is 0 Å². The number of ketones is 1. The number of piperidine rings is 1. The molecule has 4 atom stereocenters. The first-order valence-corrected chi connectivity index (χ1v) is 17.1. The number of Topliss-reactive ketones (excluding diaryl/α,β-unsaturated/α-hetero) is 1. The van der Waals surface area contributed by atoms with Crippen molar-refractivity contribution < 1.29 is 22.8 Å². The summed E-state index contributed by atoms with van der Waals surface area (Å²) in [7, 11) is -4.15. The van der Waals surface area contributed by atoms with E-state index in [-0.39, 0.29) is 42.3 Å². The van der Waals surface area contributed by atoms with Crippen molar-refractivity contribution in [1.82, 2.24) is 14.1 Å². The molecule has 11 nitrogen and oxygen atoms in total. The molecule has 2 aliphatic carbocycles. The maximum atomic E-state index is 14.8. The summed E-state index contributed by atoms with van der Waals surface area (Å²) in [6, 6.07) is 7.44. The number of rotatable bonds is 10. The molecular weight excluding hydrogens is 568 g/mol. The number of fused-ring (bicyclic) bond motifs is 2. The minimum absolute atomic E-state index is 0.00585. The molecule has 0 radical (unpaired) electrons. The fraction of sp³-hybridized carbons (Fsp3) is 0.677. The maximum absolute atomic E-state index is 14.8. The number of carbonyl (C=O) groups is 3. The van der Waals surface area contributed by atoms with Crippen LogP contribution in [-0.2, 0) is 30.8 Å². The number of nitrogens with zero attached hydrogens (tertiary/aromatic N) is 3. The third-order valence-electron chi connectivity index (χ3n) is 11.1. The standard InChI is InChI=1S/C31H46N6O5S/c1-30(2)23-10-13-31(30,26(38)18-23)20-43(41,42)37(19-22-11-15-35(16-12-22)29(33)34)25(17-21-7-4-3-5-8-21)28(40)36-14-6-9-24(36)27(32)39/h3-5,7-8,22-25H,6,9-20H2,1-2H3,(H2,32,39)(H3,33,34)/t23?,24-,25+,31?/m0/s1. The Morgan fingerprint density at radius 3 is 2.30 bits per heavy atom. The van der Waals surface area contributed by atoms with Crippen LogP contribution in [0.4, 0.5) is 0 Å². The fourth-order valence-electron chi connectivity index (χ4n) is 8.22. The van der Waals surface area contributed by atoms with Gasteiger partial charge >= 0.3 is 0 Å². The van der Waals surface area contributed by atoms with Gasteiger partial charge in [0, 0.05) is 38.0 Å². The van der Waals surface area contributed by atoms with Crippen molar-refractivity contribution in [3.05, 3.63) is 35.9 Å². The summed E-state index contributed by atoms with van der Waals surface area (Å²) >= 11 is 0. The Kier molecular flexibility index (Phi) is 8.65. The average molecular weight is 615 g/mol. The molecule has 1 aromatic rings. The summed E-state index contributed by atoms with van der Waals surface area (Å²) in [6.45, 7) is 5.53. The van der Waals surface area contributed by atoms with E-state index >= 15 is 0 Å². The van der Waals surface area contributed by atoms with Gasteiger partial charge in [-0.1, -0.05) is 44.2 Å². The molecule has 5 rings (SSSR count). The lowest BCUT2D eigenvalue weighted by Crippen LogP contribution is -2.58. The smallest absolute Gasteiger partial charge is 0.242 e. The van der Waals surface area contributed by atoms with Crippen molar-refractivity contribution in [3.63, 3.8) is 0 Å². The van der Waals surface area contributed by atoms with Gasteiger partial charge < -0.3 is 21.3 Å². The number of sulfonamides is 1. The fourth-order valence-corrected chi connectivity index (χ4v) is 10.7. The van der Waals surface area contributed by atoms with Crippen LogP contribution in [0.3, 0.4) is 0 Å². The minimum atomic E-state index is -4.15. The van der Waals surface area contributed by atoms with Crippen molar-refractivity contribution in [2.45, 2.75) is 77.3 Å². The number of carbonyl (C=O) groups excluding carboxylic acids is 3. The highest BCUT2D eigenvalue weighted by Gasteiger charge is 2.66. The molecule has 4 aliphatic rings. The molecule has 2 aliphatic heterocycles. The summed E-state index contributed by atoms with van der Waals surface area (Å²) in [5.41, 5.74) is 10.8. The number of nitrogens with one attached hydrogen (secondary N) is 1. The van der Waals surface area contributed by atoms with Gasteiger partial charge in [0.05, 0.1) is 5.75 Å². The predicted molar refractivity (Wildman–Crippen MR) is 163 cm³/mol. The third kappa shape index (κ3) is 5.80. The topological polar surface area (TPSA) is 171 Å². The molecule has 2 heterocycles. The number of amides is 2. The lowest BCUT2D eigenvalue weighted by atomic mass is 9.70. The SMILES string of the molecule is CC1(C)C2CCC1(CS(=O)(=O)N(CC1CCN(C(=N)N)CC1)[C@H](Cc1ccccc1)C(=O)N1CCC[C@H]1C(N)=O)C(=O)C2. The molecular formula is C31H46N6O5S. The zero-order valence-corrected chi connectivity index (χ0v) is 26.2. The first kappa shape index (κ1) is 31.4. The first-order chi connectivity index (χ1) is 20.3.